The first kappa shape index (κ1) is 18.4. The molecule has 0 saturated carbocycles. The zero-order valence-corrected chi connectivity index (χ0v) is 16.2. The van der Waals surface area contributed by atoms with E-state index >= 15 is 0 Å². The number of benzene rings is 1. The second-order valence-corrected chi connectivity index (χ2v) is 7.02. The van der Waals surface area contributed by atoms with E-state index in [4.69, 9.17) is 9.73 Å². The number of hydrogen-bond acceptors (Lipinski definition) is 6. The maximum atomic E-state index is 13.4. The Balaban J connectivity index is 1.73. The van der Waals surface area contributed by atoms with E-state index in [9.17, 15) is 14.0 Å². The smallest absolute Gasteiger partial charge is 0.328 e. The van der Waals surface area contributed by atoms with Gasteiger partial charge in [0, 0.05) is 31.2 Å². The Morgan fingerprint density at radius 2 is 1.82 bits per heavy atom. The zero-order chi connectivity index (χ0) is 20.2. The monoisotopic (exact) mass is 387 g/mol. The van der Waals surface area contributed by atoms with E-state index in [0.717, 1.165) is 17.1 Å². The molecule has 28 heavy (non-hydrogen) atoms. The number of anilines is 1. The van der Waals surface area contributed by atoms with Crippen molar-refractivity contribution in [2.24, 2.45) is 4.99 Å². The van der Waals surface area contributed by atoms with Crippen molar-refractivity contribution < 1.29 is 18.7 Å². The molecule has 0 radical (unpaired) electrons. The molecule has 2 atom stereocenters. The van der Waals surface area contributed by atoms with Crippen LogP contribution < -0.4 is 4.90 Å². The summed E-state index contributed by atoms with van der Waals surface area (Å²) in [5.41, 5.74) is 2.52. The molecule has 2 unspecified atom stereocenters. The van der Waals surface area contributed by atoms with Gasteiger partial charge in [0.15, 0.2) is 12.2 Å². The van der Waals surface area contributed by atoms with Crippen molar-refractivity contribution in [3.8, 4) is 0 Å². The first-order chi connectivity index (χ1) is 13.4. The van der Waals surface area contributed by atoms with Crippen LogP contribution in [0.2, 0.25) is 0 Å². The molecule has 0 bridgehead atoms. The molecule has 3 amide bonds. The third-order valence-corrected chi connectivity index (χ3v) is 5.50. The van der Waals surface area contributed by atoms with Crippen molar-refractivity contribution >= 4 is 23.6 Å². The second-order valence-electron chi connectivity index (χ2n) is 7.02. The van der Waals surface area contributed by atoms with Crippen LogP contribution in [0.5, 0.6) is 0 Å². The summed E-state index contributed by atoms with van der Waals surface area (Å²) in [6, 6.07) is 5.09. The predicted octanol–water partition coefficient (Wildman–Crippen LogP) is 1.80. The van der Waals surface area contributed by atoms with Crippen LogP contribution in [0.1, 0.15) is 13.8 Å². The van der Waals surface area contributed by atoms with E-state index in [1.807, 2.05) is 23.6 Å². The Hall–Kier alpha value is -2.94. The number of urea groups is 1. The first-order valence-electron chi connectivity index (χ1n) is 9.04. The van der Waals surface area contributed by atoms with Gasteiger partial charge in [-0.1, -0.05) is 0 Å². The molecule has 0 N–H and O–H groups in total. The number of likely N-dealkylation sites (N-methyl/N-ethyl adjacent to an activating group) is 1. The van der Waals surface area contributed by atoms with Gasteiger partial charge in [-0.3, -0.25) is 19.5 Å². The lowest BCUT2D eigenvalue weighted by Crippen LogP contribution is -2.65. The van der Waals surface area contributed by atoms with Crippen LogP contribution in [-0.4, -0.2) is 72.1 Å². The fourth-order valence-corrected chi connectivity index (χ4v) is 3.90. The topological polar surface area (TPSA) is 68.7 Å². The van der Waals surface area contributed by atoms with E-state index in [1.165, 1.54) is 29.0 Å². The minimum atomic E-state index is -0.630. The molecule has 8 nitrogen and oxygen atoms in total. The van der Waals surface area contributed by atoms with Crippen molar-refractivity contribution in [3.63, 3.8) is 0 Å². The molecule has 148 valence electrons. The van der Waals surface area contributed by atoms with Gasteiger partial charge in [0.25, 0.3) is 5.91 Å². The standard InChI is InChI=1S/C19H22FN5O3/c1-11-12(2)25-15-16(22(3)19(27)23(17(15)26)9-10-28-4)21-18(25)24(11)14-7-5-13(20)6-8-14/h5-8,15-16H,9-10H2,1-4H3. The molecule has 1 saturated heterocycles. The highest BCUT2D eigenvalue weighted by atomic mass is 19.1. The van der Waals surface area contributed by atoms with Gasteiger partial charge in [0.05, 0.1) is 13.2 Å². The van der Waals surface area contributed by atoms with Gasteiger partial charge in [-0.2, -0.15) is 0 Å². The van der Waals surface area contributed by atoms with E-state index in [0.29, 0.717) is 5.96 Å². The zero-order valence-electron chi connectivity index (χ0n) is 16.2. The number of guanidine groups is 1. The van der Waals surface area contributed by atoms with Gasteiger partial charge < -0.3 is 9.64 Å². The molecule has 1 aromatic carbocycles. The van der Waals surface area contributed by atoms with Crippen LogP contribution in [0.25, 0.3) is 0 Å². The molecule has 3 heterocycles. The van der Waals surface area contributed by atoms with Gasteiger partial charge >= 0.3 is 6.03 Å². The largest absolute Gasteiger partial charge is 0.383 e. The van der Waals surface area contributed by atoms with Crippen LogP contribution >= 0.6 is 0 Å². The lowest BCUT2D eigenvalue weighted by atomic mass is 10.1. The Morgan fingerprint density at radius 3 is 2.46 bits per heavy atom. The van der Waals surface area contributed by atoms with E-state index in [2.05, 4.69) is 0 Å². The maximum Gasteiger partial charge on any atom is 0.328 e. The fourth-order valence-electron chi connectivity index (χ4n) is 3.90. The molecule has 3 aliphatic heterocycles. The Morgan fingerprint density at radius 1 is 1.14 bits per heavy atom. The van der Waals surface area contributed by atoms with Crippen molar-refractivity contribution in [1.29, 1.82) is 0 Å². The van der Waals surface area contributed by atoms with E-state index in [-0.39, 0.29) is 30.9 Å². The van der Waals surface area contributed by atoms with Gasteiger partial charge in [-0.05, 0) is 38.1 Å². The molecule has 0 aliphatic carbocycles. The highest BCUT2D eigenvalue weighted by Crippen LogP contribution is 2.39. The van der Waals surface area contributed by atoms with Gasteiger partial charge in [-0.15, -0.1) is 0 Å². The SMILES string of the molecule is COCCN1C(=O)C2C(N=C3N(c4ccc(F)cc4)C(C)=C(C)N32)N(C)C1=O. The number of aliphatic imine (C=N–C) groups is 1. The number of halogens is 1. The summed E-state index contributed by atoms with van der Waals surface area (Å²) in [5.74, 6) is -0.0512. The average Bonchev–Trinajstić information content (AvgIpc) is 3.17. The highest BCUT2D eigenvalue weighted by molar-refractivity contribution is 6.10. The number of nitrogens with zero attached hydrogens (tertiary/aromatic N) is 5. The molecular weight excluding hydrogens is 365 g/mol. The number of ether oxygens (including phenoxy) is 1. The van der Waals surface area contributed by atoms with Crippen molar-refractivity contribution in [2.75, 3.05) is 32.2 Å². The number of allylic oxidation sites excluding steroid dienone is 2. The van der Waals surface area contributed by atoms with Crippen LogP contribution in [0, 0.1) is 5.82 Å². The summed E-state index contributed by atoms with van der Waals surface area (Å²) >= 11 is 0. The number of carbonyl (C=O) groups excluding carboxylic acids is 2. The van der Waals surface area contributed by atoms with Gasteiger partial charge in [0.1, 0.15) is 5.82 Å². The van der Waals surface area contributed by atoms with Crippen molar-refractivity contribution in [3.05, 3.63) is 41.5 Å². The normalized spacial score (nSPS) is 24.2. The number of imide groups is 1. The first-order valence-corrected chi connectivity index (χ1v) is 9.04. The van der Waals surface area contributed by atoms with E-state index in [1.54, 1.807) is 19.2 Å². The third kappa shape index (κ3) is 2.50. The van der Waals surface area contributed by atoms with Gasteiger partial charge in [0.2, 0.25) is 5.96 Å². The number of carbonyl (C=O) groups is 2. The summed E-state index contributed by atoms with van der Waals surface area (Å²) in [6.07, 6.45) is -0.611. The average molecular weight is 387 g/mol. The number of rotatable bonds is 4. The third-order valence-electron chi connectivity index (χ3n) is 5.50. The highest BCUT2D eigenvalue weighted by Gasteiger charge is 2.55. The summed E-state index contributed by atoms with van der Waals surface area (Å²) in [4.78, 5) is 37.0. The minimum absolute atomic E-state index is 0.189. The summed E-state index contributed by atoms with van der Waals surface area (Å²) in [5, 5.41) is 0. The lowest BCUT2D eigenvalue weighted by Gasteiger charge is -2.40. The van der Waals surface area contributed by atoms with Crippen molar-refractivity contribution in [2.45, 2.75) is 26.1 Å². The summed E-state index contributed by atoms with van der Waals surface area (Å²) in [6.45, 7) is 4.31. The molecule has 0 aromatic heterocycles. The summed E-state index contributed by atoms with van der Waals surface area (Å²) in [7, 11) is 3.17. The van der Waals surface area contributed by atoms with E-state index < -0.39 is 12.2 Å². The maximum absolute atomic E-state index is 13.4. The molecule has 4 rings (SSSR count). The number of amides is 3. The van der Waals surface area contributed by atoms with Crippen molar-refractivity contribution in [1.82, 2.24) is 14.7 Å². The Bertz CT molecular complexity index is 897. The molecule has 0 spiro atoms. The lowest BCUT2D eigenvalue weighted by molar-refractivity contribution is -0.137. The predicted molar refractivity (Wildman–Crippen MR) is 101 cm³/mol. The van der Waals surface area contributed by atoms with Crippen LogP contribution in [0.15, 0.2) is 40.7 Å². The Kier molecular flexibility index (Phi) is 4.34. The van der Waals surface area contributed by atoms with Crippen LogP contribution in [0.3, 0.4) is 0 Å². The number of methoxy groups -OCH3 is 1. The molecule has 9 heteroatoms. The van der Waals surface area contributed by atoms with Crippen LogP contribution in [0.4, 0.5) is 14.9 Å². The molecule has 3 aliphatic rings. The number of hydrogen-bond donors (Lipinski definition) is 0. The second kappa shape index (κ2) is 6.59. The minimum Gasteiger partial charge on any atom is -0.383 e. The van der Waals surface area contributed by atoms with Gasteiger partial charge in [-0.25, -0.2) is 14.2 Å². The fraction of sp³-hybridized carbons (Fsp3) is 0.421. The molecule has 1 aromatic rings. The number of fused-ring (bicyclic) bond motifs is 3. The Labute approximate surface area is 162 Å². The van der Waals surface area contributed by atoms with Crippen LogP contribution in [-0.2, 0) is 9.53 Å². The molecule has 1 fully saturated rings. The molecular formula is C19H22FN5O3. The quantitative estimate of drug-likeness (QED) is 0.788. The summed E-state index contributed by atoms with van der Waals surface area (Å²) < 4.78 is 18.4.